The van der Waals surface area contributed by atoms with Crippen LogP contribution >= 0.6 is 0 Å². The van der Waals surface area contributed by atoms with Crippen LogP contribution in [0.4, 0.5) is 4.39 Å². The summed E-state index contributed by atoms with van der Waals surface area (Å²) in [5.41, 5.74) is 0.498. The van der Waals surface area contributed by atoms with Crippen LogP contribution in [-0.2, 0) is 4.79 Å². The minimum Gasteiger partial charge on any atom is -0.353 e. The minimum atomic E-state index is -0.347. The highest BCUT2D eigenvalue weighted by Gasteiger charge is 2.21. The summed E-state index contributed by atoms with van der Waals surface area (Å²) >= 11 is 0. The van der Waals surface area contributed by atoms with Gasteiger partial charge in [-0.25, -0.2) is 4.39 Å². The van der Waals surface area contributed by atoms with Crippen LogP contribution in [0, 0.1) is 5.82 Å². The molecule has 6 heteroatoms. The molecule has 0 spiro atoms. The number of amides is 2. The number of halogens is 1. The molecule has 0 aliphatic carbocycles. The highest BCUT2D eigenvalue weighted by Crippen LogP contribution is 2.10. The molecule has 0 aromatic heterocycles. The average Bonchev–Trinajstić information content (AvgIpc) is 2.72. The van der Waals surface area contributed by atoms with E-state index >= 15 is 0 Å². The molecule has 1 aliphatic rings. The summed E-state index contributed by atoms with van der Waals surface area (Å²) in [7, 11) is 0. The maximum absolute atomic E-state index is 13.0. The number of carbonyl (C=O) groups is 2. The van der Waals surface area contributed by atoms with Crippen LogP contribution in [0.1, 0.15) is 30.6 Å². The number of nitrogens with one attached hydrogen (secondary N) is 1. The normalized spacial score (nSPS) is 16.3. The van der Waals surface area contributed by atoms with Crippen LogP contribution in [0.15, 0.2) is 24.3 Å². The molecule has 1 aromatic rings. The molecule has 23 heavy (non-hydrogen) atoms. The summed E-state index contributed by atoms with van der Waals surface area (Å²) in [5, 5.41) is 2.88. The van der Waals surface area contributed by atoms with Gasteiger partial charge in [-0.3, -0.25) is 14.5 Å². The zero-order valence-electron chi connectivity index (χ0n) is 13.7. The van der Waals surface area contributed by atoms with Gasteiger partial charge in [0.05, 0.1) is 6.54 Å². The molecule has 0 unspecified atom stereocenters. The third-order valence-corrected chi connectivity index (χ3v) is 3.78. The van der Waals surface area contributed by atoms with Crippen molar-refractivity contribution in [3.05, 3.63) is 35.6 Å². The van der Waals surface area contributed by atoms with E-state index in [1.165, 1.54) is 24.3 Å². The van der Waals surface area contributed by atoms with Crippen molar-refractivity contribution >= 4 is 11.8 Å². The fraction of sp³-hybridized carbons (Fsp3) is 0.529. The number of hydrogen-bond acceptors (Lipinski definition) is 3. The lowest BCUT2D eigenvalue weighted by atomic mass is 10.2. The second-order valence-corrected chi connectivity index (χ2v) is 6.15. The summed E-state index contributed by atoms with van der Waals surface area (Å²) in [6.07, 6.45) is 0.821. The first-order valence-corrected chi connectivity index (χ1v) is 8.02. The van der Waals surface area contributed by atoms with E-state index in [9.17, 15) is 14.0 Å². The lowest BCUT2D eigenvalue weighted by Gasteiger charge is -2.22. The molecule has 5 nitrogen and oxygen atoms in total. The van der Waals surface area contributed by atoms with Gasteiger partial charge in [-0.15, -0.1) is 0 Å². The first-order chi connectivity index (χ1) is 11.0. The van der Waals surface area contributed by atoms with Crippen molar-refractivity contribution in [1.82, 2.24) is 15.1 Å². The highest BCUT2D eigenvalue weighted by atomic mass is 19.1. The van der Waals surface area contributed by atoms with E-state index in [0.717, 1.165) is 13.0 Å². The zero-order chi connectivity index (χ0) is 16.8. The van der Waals surface area contributed by atoms with Gasteiger partial charge in [-0.05, 0) is 44.5 Å². The van der Waals surface area contributed by atoms with Crippen molar-refractivity contribution < 1.29 is 14.0 Å². The molecule has 0 atom stereocenters. The quantitative estimate of drug-likeness (QED) is 0.914. The Morgan fingerprint density at radius 3 is 2.48 bits per heavy atom. The van der Waals surface area contributed by atoms with Gasteiger partial charge in [-0.2, -0.15) is 0 Å². The number of nitrogens with zero attached hydrogens (tertiary/aromatic N) is 2. The Bertz CT molecular complexity index is 545. The molecule has 1 saturated heterocycles. The Hall–Kier alpha value is -1.95. The number of benzene rings is 1. The first-order valence-electron chi connectivity index (χ1n) is 8.02. The third-order valence-electron chi connectivity index (χ3n) is 3.78. The van der Waals surface area contributed by atoms with Gasteiger partial charge in [-0.1, -0.05) is 0 Å². The van der Waals surface area contributed by atoms with E-state index in [-0.39, 0.29) is 23.7 Å². The molecule has 0 bridgehead atoms. The molecule has 2 rings (SSSR count). The van der Waals surface area contributed by atoms with Crippen LogP contribution in [-0.4, -0.2) is 60.4 Å². The van der Waals surface area contributed by atoms with Crippen LogP contribution in [0.5, 0.6) is 0 Å². The third kappa shape index (κ3) is 5.32. The van der Waals surface area contributed by atoms with E-state index in [2.05, 4.69) is 10.2 Å². The summed E-state index contributed by atoms with van der Waals surface area (Å²) in [5.74, 6) is -0.420. The molecule has 2 amide bonds. The van der Waals surface area contributed by atoms with Gasteiger partial charge in [0.25, 0.3) is 5.91 Å². The zero-order valence-corrected chi connectivity index (χ0v) is 13.7. The van der Waals surface area contributed by atoms with Crippen molar-refractivity contribution in [2.45, 2.75) is 26.3 Å². The van der Waals surface area contributed by atoms with Gasteiger partial charge in [0, 0.05) is 37.8 Å². The molecular formula is C17H24FN3O2. The minimum absolute atomic E-state index is 0.0123. The molecule has 1 N–H and O–H groups in total. The second-order valence-electron chi connectivity index (χ2n) is 6.15. The van der Waals surface area contributed by atoms with Gasteiger partial charge < -0.3 is 10.2 Å². The lowest BCUT2D eigenvalue weighted by molar-refractivity contribution is -0.122. The van der Waals surface area contributed by atoms with Gasteiger partial charge in [0.15, 0.2) is 0 Å². The maximum atomic E-state index is 13.0. The maximum Gasteiger partial charge on any atom is 0.253 e. The molecule has 0 radical (unpaired) electrons. The summed E-state index contributed by atoms with van der Waals surface area (Å²) in [6.45, 7) is 6.91. The van der Waals surface area contributed by atoms with E-state index in [4.69, 9.17) is 0 Å². The Labute approximate surface area is 136 Å². The predicted molar refractivity (Wildman–Crippen MR) is 86.6 cm³/mol. The SMILES string of the molecule is CC(C)NC(=O)CN1CCCN(C(=O)c2ccc(F)cc2)CC1. The number of hydrogen-bond donors (Lipinski definition) is 1. The molecule has 1 fully saturated rings. The van der Waals surface area contributed by atoms with Gasteiger partial charge >= 0.3 is 0 Å². The monoisotopic (exact) mass is 321 g/mol. The molecule has 1 aromatic carbocycles. The molecule has 0 saturated carbocycles. The molecular weight excluding hydrogens is 297 g/mol. The summed E-state index contributed by atoms with van der Waals surface area (Å²) in [6, 6.07) is 5.75. The van der Waals surface area contributed by atoms with E-state index in [0.29, 0.717) is 31.7 Å². The summed E-state index contributed by atoms with van der Waals surface area (Å²) in [4.78, 5) is 28.1. The fourth-order valence-electron chi connectivity index (χ4n) is 2.68. The standard InChI is InChI=1S/C17H24FN3O2/c1-13(2)19-16(22)12-20-8-3-9-21(11-10-20)17(23)14-4-6-15(18)7-5-14/h4-7,13H,3,8-12H2,1-2H3,(H,19,22). The second kappa shape index (κ2) is 8.06. The smallest absolute Gasteiger partial charge is 0.253 e. The highest BCUT2D eigenvalue weighted by molar-refractivity contribution is 5.94. The van der Waals surface area contributed by atoms with E-state index in [1.54, 1.807) is 4.90 Å². The Kier molecular flexibility index (Phi) is 6.10. The lowest BCUT2D eigenvalue weighted by Crippen LogP contribution is -2.41. The van der Waals surface area contributed by atoms with Crippen molar-refractivity contribution in [3.63, 3.8) is 0 Å². The average molecular weight is 321 g/mol. The molecule has 1 aliphatic heterocycles. The van der Waals surface area contributed by atoms with E-state index in [1.807, 2.05) is 13.8 Å². The van der Waals surface area contributed by atoms with Gasteiger partial charge in [0.1, 0.15) is 5.82 Å². The van der Waals surface area contributed by atoms with Crippen LogP contribution in [0.25, 0.3) is 0 Å². The Balaban J connectivity index is 1.89. The van der Waals surface area contributed by atoms with Crippen molar-refractivity contribution in [2.24, 2.45) is 0 Å². The topological polar surface area (TPSA) is 52.7 Å². The van der Waals surface area contributed by atoms with Crippen LogP contribution < -0.4 is 5.32 Å². The number of carbonyl (C=O) groups excluding carboxylic acids is 2. The summed E-state index contributed by atoms with van der Waals surface area (Å²) < 4.78 is 13.0. The first kappa shape index (κ1) is 17.4. The van der Waals surface area contributed by atoms with Crippen molar-refractivity contribution in [2.75, 3.05) is 32.7 Å². The van der Waals surface area contributed by atoms with Gasteiger partial charge in [0.2, 0.25) is 5.91 Å². The van der Waals surface area contributed by atoms with Crippen molar-refractivity contribution in [1.29, 1.82) is 0 Å². The molecule has 1 heterocycles. The Morgan fingerprint density at radius 2 is 1.83 bits per heavy atom. The largest absolute Gasteiger partial charge is 0.353 e. The fourth-order valence-corrected chi connectivity index (χ4v) is 2.68. The Morgan fingerprint density at radius 1 is 1.13 bits per heavy atom. The number of rotatable bonds is 4. The van der Waals surface area contributed by atoms with Crippen LogP contribution in [0.2, 0.25) is 0 Å². The molecule has 126 valence electrons. The van der Waals surface area contributed by atoms with Crippen LogP contribution in [0.3, 0.4) is 0 Å². The van der Waals surface area contributed by atoms with E-state index < -0.39 is 0 Å². The van der Waals surface area contributed by atoms with Crippen molar-refractivity contribution in [3.8, 4) is 0 Å². The predicted octanol–water partition coefficient (Wildman–Crippen LogP) is 1.50.